The summed E-state index contributed by atoms with van der Waals surface area (Å²) < 4.78 is 31.0. The van der Waals surface area contributed by atoms with E-state index in [1.807, 2.05) is 0 Å². The van der Waals surface area contributed by atoms with E-state index in [2.05, 4.69) is 4.72 Å². The van der Waals surface area contributed by atoms with Crippen LogP contribution in [0.3, 0.4) is 0 Å². The van der Waals surface area contributed by atoms with Gasteiger partial charge in [-0.1, -0.05) is 11.6 Å². The van der Waals surface area contributed by atoms with Gasteiger partial charge in [0.1, 0.15) is 10.9 Å². The second-order valence-corrected chi connectivity index (χ2v) is 5.90. The van der Waals surface area contributed by atoms with Gasteiger partial charge in [0.25, 0.3) is 0 Å². The fourth-order valence-corrected chi connectivity index (χ4v) is 2.86. The van der Waals surface area contributed by atoms with E-state index in [1.54, 1.807) is 6.92 Å². The fourth-order valence-electron chi connectivity index (χ4n) is 1.38. The zero-order chi connectivity index (χ0) is 14.6. The first kappa shape index (κ1) is 15.7. The Kier molecular flexibility index (Phi) is 5.16. The van der Waals surface area contributed by atoms with Crippen LogP contribution in [0.5, 0.6) is 0 Å². The maximum absolute atomic E-state index is 12.0. The molecule has 1 atom stereocenters. The van der Waals surface area contributed by atoms with E-state index in [4.69, 9.17) is 22.1 Å². The molecule has 1 aromatic rings. The molecule has 1 unspecified atom stereocenters. The average molecular weight is 307 g/mol. The van der Waals surface area contributed by atoms with Gasteiger partial charge in [-0.05, 0) is 32.0 Å². The molecule has 0 aliphatic heterocycles. The predicted octanol–water partition coefficient (Wildman–Crippen LogP) is 1.15. The molecule has 3 N–H and O–H groups in total. The molecule has 0 fully saturated rings. The molecule has 0 spiro atoms. The Morgan fingerprint density at radius 3 is 2.68 bits per heavy atom. The minimum Gasteiger partial charge on any atom is -0.465 e. The fraction of sp³-hybridized carbons (Fsp3) is 0.364. The lowest BCUT2D eigenvalue weighted by Gasteiger charge is -2.14. The van der Waals surface area contributed by atoms with Gasteiger partial charge in [0.2, 0.25) is 10.0 Å². The van der Waals surface area contributed by atoms with Crippen molar-refractivity contribution in [2.24, 2.45) is 0 Å². The molecular formula is C11H15ClN2O4S. The summed E-state index contributed by atoms with van der Waals surface area (Å²) in [6, 6.07) is 3.00. The van der Waals surface area contributed by atoms with Crippen LogP contribution in [0, 0.1) is 0 Å². The number of anilines is 1. The van der Waals surface area contributed by atoms with E-state index in [0.29, 0.717) is 5.02 Å². The molecule has 8 heteroatoms. The highest BCUT2D eigenvalue weighted by Gasteiger charge is 2.24. The summed E-state index contributed by atoms with van der Waals surface area (Å²) in [5.41, 5.74) is 5.61. The smallest absolute Gasteiger partial charge is 0.323 e. The molecule has 0 heterocycles. The summed E-state index contributed by atoms with van der Waals surface area (Å²) in [7, 11) is -3.90. The largest absolute Gasteiger partial charge is 0.465 e. The van der Waals surface area contributed by atoms with Crippen LogP contribution < -0.4 is 10.5 Å². The number of carbonyl (C=O) groups excluding carboxylic acids is 1. The first-order valence-electron chi connectivity index (χ1n) is 5.52. The molecule has 6 nitrogen and oxygen atoms in total. The van der Waals surface area contributed by atoms with Gasteiger partial charge in [-0.15, -0.1) is 0 Å². The van der Waals surface area contributed by atoms with E-state index in [1.165, 1.54) is 25.1 Å². The zero-order valence-electron chi connectivity index (χ0n) is 10.5. The van der Waals surface area contributed by atoms with E-state index < -0.39 is 22.0 Å². The molecule has 0 radical (unpaired) electrons. The Hall–Kier alpha value is -1.31. The van der Waals surface area contributed by atoms with Crippen molar-refractivity contribution in [3.05, 3.63) is 23.2 Å². The number of nitrogens with one attached hydrogen (secondary N) is 1. The maximum atomic E-state index is 12.0. The highest BCUT2D eigenvalue weighted by atomic mass is 35.5. The van der Waals surface area contributed by atoms with Crippen LogP contribution in [0.15, 0.2) is 23.1 Å². The van der Waals surface area contributed by atoms with Crippen molar-refractivity contribution in [1.29, 1.82) is 0 Å². The van der Waals surface area contributed by atoms with E-state index in [9.17, 15) is 13.2 Å². The van der Waals surface area contributed by atoms with Gasteiger partial charge >= 0.3 is 5.97 Å². The third-order valence-electron chi connectivity index (χ3n) is 2.23. The minimum absolute atomic E-state index is 0.0102. The van der Waals surface area contributed by atoms with Crippen LogP contribution in [-0.4, -0.2) is 27.0 Å². The normalized spacial score (nSPS) is 13.0. The molecule has 0 saturated carbocycles. The van der Waals surface area contributed by atoms with Crippen LogP contribution in [0.4, 0.5) is 5.69 Å². The lowest BCUT2D eigenvalue weighted by Crippen LogP contribution is -2.39. The number of hydrogen-bond donors (Lipinski definition) is 2. The number of benzene rings is 1. The van der Waals surface area contributed by atoms with Gasteiger partial charge in [-0.3, -0.25) is 4.79 Å². The monoisotopic (exact) mass is 306 g/mol. The molecule has 0 aliphatic carbocycles. The Labute approximate surface area is 116 Å². The first-order valence-corrected chi connectivity index (χ1v) is 7.38. The molecule has 1 rings (SSSR count). The maximum Gasteiger partial charge on any atom is 0.323 e. The number of halogens is 1. The van der Waals surface area contributed by atoms with Crippen LogP contribution in [0.2, 0.25) is 5.02 Å². The second-order valence-electron chi connectivity index (χ2n) is 3.78. The molecular weight excluding hydrogens is 292 g/mol. The van der Waals surface area contributed by atoms with Crippen molar-refractivity contribution < 1.29 is 17.9 Å². The summed E-state index contributed by atoms with van der Waals surface area (Å²) >= 11 is 5.70. The van der Waals surface area contributed by atoms with Gasteiger partial charge in [0.15, 0.2) is 0 Å². The molecule has 0 bridgehead atoms. The van der Waals surface area contributed by atoms with E-state index in [0.717, 1.165) is 0 Å². The van der Waals surface area contributed by atoms with Gasteiger partial charge in [0.05, 0.1) is 12.3 Å². The lowest BCUT2D eigenvalue weighted by molar-refractivity contribution is -0.144. The number of hydrogen-bond acceptors (Lipinski definition) is 5. The number of ether oxygens (including phenoxy) is 1. The average Bonchev–Trinajstić information content (AvgIpc) is 2.27. The van der Waals surface area contributed by atoms with Gasteiger partial charge in [-0.2, -0.15) is 4.72 Å². The number of rotatable bonds is 5. The SMILES string of the molecule is CCOC(=O)C(C)NS(=O)(=O)c1ccc(Cl)cc1N. The standard InChI is InChI=1S/C11H15ClN2O4S/c1-3-18-11(15)7(2)14-19(16,17)10-5-4-8(12)6-9(10)13/h4-7,14H,3,13H2,1-2H3. The Balaban J connectivity index is 2.95. The van der Waals surface area contributed by atoms with E-state index >= 15 is 0 Å². The predicted molar refractivity (Wildman–Crippen MR) is 72.3 cm³/mol. The van der Waals surface area contributed by atoms with Gasteiger partial charge < -0.3 is 10.5 Å². The van der Waals surface area contributed by atoms with Gasteiger partial charge in [0, 0.05) is 5.02 Å². The van der Waals surface area contributed by atoms with E-state index in [-0.39, 0.29) is 17.2 Å². The topological polar surface area (TPSA) is 98.5 Å². The van der Waals surface area contributed by atoms with Crippen molar-refractivity contribution in [2.45, 2.75) is 24.8 Å². The van der Waals surface area contributed by atoms with Crippen molar-refractivity contribution in [2.75, 3.05) is 12.3 Å². The van der Waals surface area contributed by atoms with Crippen LogP contribution in [-0.2, 0) is 19.6 Å². The Morgan fingerprint density at radius 2 is 2.16 bits per heavy atom. The summed E-state index contributed by atoms with van der Waals surface area (Å²) in [6.07, 6.45) is 0. The molecule has 0 aromatic heterocycles. The molecule has 0 saturated heterocycles. The molecule has 0 amide bonds. The Morgan fingerprint density at radius 1 is 1.53 bits per heavy atom. The second kappa shape index (κ2) is 6.23. The number of esters is 1. The van der Waals surface area contributed by atoms with Crippen molar-refractivity contribution in [3.63, 3.8) is 0 Å². The minimum atomic E-state index is -3.90. The summed E-state index contributed by atoms with van der Waals surface area (Å²) in [5, 5.41) is 0.329. The number of nitrogens with two attached hydrogens (primary N) is 1. The molecule has 0 aliphatic rings. The first-order chi connectivity index (χ1) is 8.77. The van der Waals surface area contributed by atoms with Crippen molar-refractivity contribution in [3.8, 4) is 0 Å². The van der Waals surface area contributed by atoms with Gasteiger partial charge in [-0.25, -0.2) is 8.42 Å². The number of carbonyl (C=O) groups is 1. The molecule has 1 aromatic carbocycles. The summed E-state index contributed by atoms with van der Waals surface area (Å²) in [6.45, 7) is 3.20. The zero-order valence-corrected chi connectivity index (χ0v) is 12.1. The van der Waals surface area contributed by atoms with Crippen molar-refractivity contribution in [1.82, 2.24) is 4.72 Å². The molecule has 19 heavy (non-hydrogen) atoms. The third kappa shape index (κ3) is 4.09. The summed E-state index contributed by atoms with van der Waals surface area (Å²) in [5.74, 6) is -0.654. The third-order valence-corrected chi connectivity index (χ3v) is 4.08. The van der Waals surface area contributed by atoms with Crippen LogP contribution >= 0.6 is 11.6 Å². The number of nitrogen functional groups attached to an aromatic ring is 1. The highest BCUT2D eigenvalue weighted by molar-refractivity contribution is 7.89. The lowest BCUT2D eigenvalue weighted by atomic mass is 10.3. The highest BCUT2D eigenvalue weighted by Crippen LogP contribution is 2.22. The quantitative estimate of drug-likeness (QED) is 0.628. The molecule has 106 valence electrons. The number of sulfonamides is 1. The van der Waals surface area contributed by atoms with Crippen LogP contribution in [0.25, 0.3) is 0 Å². The Bertz CT molecular complexity index is 574. The summed E-state index contributed by atoms with van der Waals surface area (Å²) in [4.78, 5) is 11.3. The van der Waals surface area contributed by atoms with Crippen molar-refractivity contribution >= 4 is 33.3 Å². The van der Waals surface area contributed by atoms with Crippen LogP contribution in [0.1, 0.15) is 13.8 Å².